The van der Waals surface area contributed by atoms with Crippen LogP contribution < -0.4 is 5.32 Å². The fourth-order valence-corrected chi connectivity index (χ4v) is 0.289. The Morgan fingerprint density at radius 2 is 2.17 bits per heavy atom. The van der Waals surface area contributed by atoms with E-state index in [9.17, 15) is 0 Å². The minimum atomic E-state index is 0.148. The van der Waals surface area contributed by atoms with Gasteiger partial charge in [-0.05, 0) is 20.4 Å². The molecule has 6 heavy (non-hydrogen) atoms. The molecule has 0 aliphatic rings. The summed E-state index contributed by atoms with van der Waals surface area (Å²) in [7, 11) is 0. The van der Waals surface area contributed by atoms with E-state index < -0.39 is 0 Å². The summed E-state index contributed by atoms with van der Waals surface area (Å²) in [5.74, 6) is 0. The molecule has 0 amide bonds. The van der Waals surface area contributed by atoms with Gasteiger partial charge < -0.3 is 5.32 Å². The van der Waals surface area contributed by atoms with Gasteiger partial charge in [-0.15, -0.1) is 0 Å². The monoisotopic (exact) mass is 85.1 g/mol. The maximum atomic E-state index is 3.61. The third kappa shape index (κ3) is 3.96. The second-order valence-electron chi connectivity index (χ2n) is 1.25. The molecule has 0 atom stereocenters. The van der Waals surface area contributed by atoms with E-state index in [2.05, 4.69) is 19.2 Å². The van der Waals surface area contributed by atoms with Crippen molar-refractivity contribution in [1.82, 2.24) is 5.32 Å². The second kappa shape index (κ2) is 3.16. The molecule has 36 valence electrons. The number of nitrogens with one attached hydrogen (secondary N) is 1. The van der Waals surface area contributed by atoms with Gasteiger partial charge in [0.25, 0.3) is 0 Å². The van der Waals surface area contributed by atoms with Crippen LogP contribution in [0.25, 0.3) is 0 Å². The van der Waals surface area contributed by atoms with Gasteiger partial charge in [0.05, 0.1) is 0 Å². The highest BCUT2D eigenvalue weighted by Crippen LogP contribution is 1.68. The smallest absolute Gasteiger partial charge is 0.00681 e. The van der Waals surface area contributed by atoms with Crippen LogP contribution in [0.1, 0.15) is 6.92 Å². The summed E-state index contributed by atoms with van der Waals surface area (Å²) in [4.78, 5) is 0. The van der Waals surface area contributed by atoms with E-state index in [4.69, 9.17) is 0 Å². The zero-order valence-electron chi connectivity index (χ0n) is 4.20. The topological polar surface area (TPSA) is 12.0 Å². The minimum absolute atomic E-state index is 0.148. The lowest BCUT2D eigenvalue weighted by molar-refractivity contribution is 0.702. The Bertz CT molecular complexity index is 25.1. The molecule has 0 aliphatic carbocycles. The van der Waals surface area contributed by atoms with Gasteiger partial charge in [0, 0.05) is 6.04 Å². The molecule has 1 heteroatoms. The lowest BCUT2D eigenvalue weighted by Crippen LogP contribution is -2.22. The summed E-state index contributed by atoms with van der Waals surface area (Å²) in [5.41, 5.74) is 0. The van der Waals surface area contributed by atoms with Gasteiger partial charge in [-0.2, -0.15) is 0 Å². The van der Waals surface area contributed by atoms with Crippen LogP contribution in [0.2, 0.25) is 0 Å². The number of rotatable bonds is 2. The van der Waals surface area contributed by atoms with Gasteiger partial charge in [0.2, 0.25) is 0 Å². The van der Waals surface area contributed by atoms with Crippen molar-refractivity contribution in [3.05, 3.63) is 13.8 Å². The standard InChI is InChI=1S/C5H11N/c1-4-6-5(2)3/h5-6H,2-4H2,1H3. The molecule has 0 saturated carbocycles. The van der Waals surface area contributed by atoms with E-state index in [1.807, 2.05) is 6.92 Å². The van der Waals surface area contributed by atoms with Crippen molar-refractivity contribution in [1.29, 1.82) is 0 Å². The number of hydrogen-bond donors (Lipinski definition) is 1. The van der Waals surface area contributed by atoms with Gasteiger partial charge in [-0.3, -0.25) is 0 Å². The molecular formula is C5H11N. The fraction of sp³-hybridized carbons (Fsp3) is 0.600. The van der Waals surface area contributed by atoms with Crippen molar-refractivity contribution in [3.63, 3.8) is 0 Å². The SMILES string of the molecule is [CH2]C([CH2])NCC. The van der Waals surface area contributed by atoms with Crippen LogP contribution in [0.4, 0.5) is 0 Å². The Morgan fingerprint density at radius 1 is 1.67 bits per heavy atom. The Labute approximate surface area is 39.7 Å². The van der Waals surface area contributed by atoms with Gasteiger partial charge in [0.15, 0.2) is 0 Å². The first kappa shape index (κ1) is 5.96. The third-order valence-electron chi connectivity index (χ3n) is 0.493. The molecule has 1 N–H and O–H groups in total. The Kier molecular flexibility index (Phi) is 3.14. The molecule has 0 aromatic heterocycles. The Balaban J connectivity index is 2.63. The molecule has 0 fully saturated rings. The maximum Gasteiger partial charge on any atom is 0.00681 e. The van der Waals surface area contributed by atoms with Gasteiger partial charge in [-0.25, -0.2) is 0 Å². The molecular weight excluding hydrogens is 74.1 g/mol. The zero-order chi connectivity index (χ0) is 4.99. The van der Waals surface area contributed by atoms with Crippen LogP contribution >= 0.6 is 0 Å². The molecule has 0 unspecified atom stereocenters. The number of hydrogen-bond acceptors (Lipinski definition) is 1. The molecule has 2 radical (unpaired) electrons. The van der Waals surface area contributed by atoms with Gasteiger partial charge in [0.1, 0.15) is 0 Å². The first-order chi connectivity index (χ1) is 2.77. The van der Waals surface area contributed by atoms with Crippen molar-refractivity contribution < 1.29 is 0 Å². The van der Waals surface area contributed by atoms with E-state index in [1.165, 1.54) is 0 Å². The van der Waals surface area contributed by atoms with Crippen molar-refractivity contribution in [3.8, 4) is 0 Å². The molecule has 0 heterocycles. The van der Waals surface area contributed by atoms with E-state index in [0.717, 1.165) is 6.54 Å². The minimum Gasteiger partial charge on any atom is -0.314 e. The molecule has 0 spiro atoms. The average molecular weight is 85.1 g/mol. The molecule has 0 rings (SSSR count). The van der Waals surface area contributed by atoms with Crippen molar-refractivity contribution in [2.45, 2.75) is 13.0 Å². The first-order valence-electron chi connectivity index (χ1n) is 2.17. The highest BCUT2D eigenvalue weighted by molar-refractivity contribution is 4.68. The summed E-state index contributed by atoms with van der Waals surface area (Å²) in [5, 5.41) is 2.99. The quantitative estimate of drug-likeness (QED) is 0.518. The van der Waals surface area contributed by atoms with E-state index in [0.29, 0.717) is 0 Å². The Hall–Kier alpha value is -0.0400. The van der Waals surface area contributed by atoms with Crippen molar-refractivity contribution in [2.75, 3.05) is 6.54 Å². The lowest BCUT2D eigenvalue weighted by atomic mass is 10.4. The maximum absolute atomic E-state index is 3.61. The third-order valence-corrected chi connectivity index (χ3v) is 0.493. The summed E-state index contributed by atoms with van der Waals surface area (Å²) < 4.78 is 0. The summed E-state index contributed by atoms with van der Waals surface area (Å²) in [6.45, 7) is 10.2. The van der Waals surface area contributed by atoms with Gasteiger partial charge >= 0.3 is 0 Å². The molecule has 0 aliphatic heterocycles. The van der Waals surface area contributed by atoms with Crippen LogP contribution in [0.5, 0.6) is 0 Å². The predicted octanol–water partition coefficient (Wildman–Crippen LogP) is 0.633. The van der Waals surface area contributed by atoms with Crippen molar-refractivity contribution in [2.24, 2.45) is 0 Å². The van der Waals surface area contributed by atoms with Crippen LogP contribution in [0, 0.1) is 13.8 Å². The van der Waals surface area contributed by atoms with Crippen LogP contribution in [-0.4, -0.2) is 12.6 Å². The predicted molar refractivity (Wildman–Crippen MR) is 28.2 cm³/mol. The van der Waals surface area contributed by atoms with E-state index in [1.54, 1.807) is 0 Å². The van der Waals surface area contributed by atoms with Crippen LogP contribution in [0.15, 0.2) is 0 Å². The molecule has 0 saturated heterocycles. The Morgan fingerprint density at radius 3 is 2.17 bits per heavy atom. The van der Waals surface area contributed by atoms with Gasteiger partial charge in [-0.1, -0.05) is 6.92 Å². The zero-order valence-corrected chi connectivity index (χ0v) is 4.20. The molecule has 0 aromatic carbocycles. The van der Waals surface area contributed by atoms with Crippen LogP contribution in [-0.2, 0) is 0 Å². The van der Waals surface area contributed by atoms with E-state index >= 15 is 0 Å². The molecule has 0 bridgehead atoms. The normalized spacial score (nSPS) is 10.0. The highest BCUT2D eigenvalue weighted by atomic mass is 14.9. The average Bonchev–Trinajstić information content (AvgIpc) is 1.35. The molecule has 1 nitrogen and oxygen atoms in total. The summed E-state index contributed by atoms with van der Waals surface area (Å²) in [6, 6.07) is 0.148. The fourth-order valence-electron chi connectivity index (χ4n) is 0.289. The molecule has 0 aromatic rings. The van der Waals surface area contributed by atoms with E-state index in [-0.39, 0.29) is 6.04 Å². The second-order valence-corrected chi connectivity index (χ2v) is 1.25. The summed E-state index contributed by atoms with van der Waals surface area (Å²) >= 11 is 0. The first-order valence-corrected chi connectivity index (χ1v) is 2.17. The van der Waals surface area contributed by atoms with Crippen molar-refractivity contribution >= 4 is 0 Å². The highest BCUT2D eigenvalue weighted by Gasteiger charge is 1.82. The lowest BCUT2D eigenvalue weighted by Gasteiger charge is -2.00. The van der Waals surface area contributed by atoms with Crippen LogP contribution in [0.3, 0.4) is 0 Å². The summed E-state index contributed by atoms with van der Waals surface area (Å²) in [6.07, 6.45) is 0. The largest absolute Gasteiger partial charge is 0.314 e.